The van der Waals surface area contributed by atoms with E-state index >= 15 is 0 Å². The molecule has 1 aromatic carbocycles. The first-order valence-electron chi connectivity index (χ1n) is 5.41. The van der Waals surface area contributed by atoms with E-state index < -0.39 is 9.84 Å². The van der Waals surface area contributed by atoms with Crippen LogP contribution in [0.15, 0.2) is 23.1 Å². The lowest BCUT2D eigenvalue weighted by molar-refractivity contribution is 0.0837. The topological polar surface area (TPSA) is 92.4 Å². The number of nitrogens with two attached hydrogens (primary N) is 1. The van der Waals surface area contributed by atoms with Crippen molar-refractivity contribution in [2.24, 2.45) is 0 Å². The number of nitrogens with one attached hydrogen (secondary N) is 1. The second-order valence-corrected chi connectivity index (χ2v) is 6.44. The largest absolute Gasteiger partial charge is 0.396 e. The second kappa shape index (κ2) is 4.19. The monoisotopic (exact) mass is 256 g/mol. The fraction of sp³-hybridized carbons (Fsp3) is 0.455. The number of aliphatic hydroxyl groups is 1. The van der Waals surface area contributed by atoms with Crippen molar-refractivity contribution in [3.63, 3.8) is 0 Å². The summed E-state index contributed by atoms with van der Waals surface area (Å²) in [6.07, 6.45) is 2.22. The highest BCUT2D eigenvalue weighted by atomic mass is 32.2. The van der Waals surface area contributed by atoms with Crippen molar-refractivity contribution in [3.8, 4) is 0 Å². The van der Waals surface area contributed by atoms with Crippen molar-refractivity contribution in [2.75, 3.05) is 17.3 Å². The Hall–Kier alpha value is -1.27. The smallest absolute Gasteiger partial charge is 0.177 e. The maximum absolute atomic E-state index is 11.5. The maximum atomic E-state index is 11.5. The summed E-state index contributed by atoms with van der Waals surface area (Å²) in [6, 6.07) is 5.06. The minimum absolute atomic E-state index is 0.141. The van der Waals surface area contributed by atoms with Gasteiger partial charge in [0.1, 0.15) is 0 Å². The first-order valence-corrected chi connectivity index (χ1v) is 7.30. The van der Waals surface area contributed by atoms with Crippen LogP contribution in [-0.4, -0.2) is 31.9 Å². The number of aliphatic hydroxyl groups excluding tert-OH is 1. The number of sulfone groups is 1. The SMILES string of the molecule is CS(=O)(=O)c1cccc(NC2CC(O)C2)c1N. The molecule has 0 spiro atoms. The molecule has 6 heteroatoms. The van der Waals surface area contributed by atoms with Gasteiger partial charge in [-0.3, -0.25) is 0 Å². The summed E-state index contributed by atoms with van der Waals surface area (Å²) < 4.78 is 23.0. The molecular weight excluding hydrogens is 240 g/mol. The average molecular weight is 256 g/mol. The number of para-hydroxylation sites is 1. The molecule has 0 radical (unpaired) electrons. The van der Waals surface area contributed by atoms with Crippen molar-refractivity contribution >= 4 is 21.2 Å². The predicted octanol–water partition coefficient (Wildman–Crippen LogP) is 0.608. The third-order valence-electron chi connectivity index (χ3n) is 2.94. The van der Waals surface area contributed by atoms with Gasteiger partial charge in [-0.2, -0.15) is 0 Å². The Morgan fingerprint density at radius 3 is 2.59 bits per heavy atom. The minimum atomic E-state index is -3.31. The van der Waals surface area contributed by atoms with Gasteiger partial charge in [0.15, 0.2) is 9.84 Å². The van der Waals surface area contributed by atoms with Crippen molar-refractivity contribution in [1.82, 2.24) is 0 Å². The molecular formula is C11H16N2O3S. The molecule has 2 rings (SSSR count). The molecule has 4 N–H and O–H groups in total. The van der Waals surface area contributed by atoms with E-state index in [1.165, 1.54) is 6.07 Å². The van der Waals surface area contributed by atoms with Gasteiger partial charge in [0.05, 0.1) is 22.4 Å². The van der Waals surface area contributed by atoms with Crippen LogP contribution in [0.2, 0.25) is 0 Å². The van der Waals surface area contributed by atoms with E-state index in [0.29, 0.717) is 18.5 Å². The number of hydrogen-bond acceptors (Lipinski definition) is 5. The van der Waals surface area contributed by atoms with Crippen LogP contribution in [0.4, 0.5) is 11.4 Å². The van der Waals surface area contributed by atoms with Crippen molar-refractivity contribution < 1.29 is 13.5 Å². The molecule has 5 nitrogen and oxygen atoms in total. The van der Waals surface area contributed by atoms with Gasteiger partial charge in [-0.25, -0.2) is 8.42 Å². The van der Waals surface area contributed by atoms with Gasteiger partial charge in [-0.05, 0) is 25.0 Å². The second-order valence-electron chi connectivity index (χ2n) is 4.46. The van der Waals surface area contributed by atoms with Crippen LogP contribution >= 0.6 is 0 Å². The summed E-state index contributed by atoms with van der Waals surface area (Å²) in [7, 11) is -3.31. The molecule has 0 atom stereocenters. The van der Waals surface area contributed by atoms with Crippen LogP contribution in [0.1, 0.15) is 12.8 Å². The first kappa shape index (κ1) is 12.2. The number of anilines is 2. The fourth-order valence-corrected chi connectivity index (χ4v) is 2.75. The van der Waals surface area contributed by atoms with Gasteiger partial charge < -0.3 is 16.2 Å². The molecule has 0 aliphatic heterocycles. The van der Waals surface area contributed by atoms with E-state index in [4.69, 9.17) is 5.73 Å². The summed E-state index contributed by atoms with van der Waals surface area (Å²) in [6.45, 7) is 0. The summed E-state index contributed by atoms with van der Waals surface area (Å²) >= 11 is 0. The van der Waals surface area contributed by atoms with Gasteiger partial charge >= 0.3 is 0 Å². The van der Waals surface area contributed by atoms with E-state index in [1.807, 2.05) is 0 Å². The fourth-order valence-electron chi connectivity index (χ4n) is 1.92. The molecule has 94 valence electrons. The highest BCUT2D eigenvalue weighted by Gasteiger charge is 2.27. The van der Waals surface area contributed by atoms with E-state index in [1.54, 1.807) is 12.1 Å². The molecule has 0 heterocycles. The van der Waals surface area contributed by atoms with Gasteiger partial charge in [0.2, 0.25) is 0 Å². The summed E-state index contributed by atoms with van der Waals surface area (Å²) in [4.78, 5) is 0.141. The molecule has 0 saturated heterocycles. The average Bonchev–Trinajstić information content (AvgIpc) is 2.16. The maximum Gasteiger partial charge on any atom is 0.177 e. The quantitative estimate of drug-likeness (QED) is 0.689. The number of rotatable bonds is 3. The molecule has 0 amide bonds. The Balaban J connectivity index is 2.24. The molecule has 17 heavy (non-hydrogen) atoms. The van der Waals surface area contributed by atoms with Crippen LogP contribution in [0, 0.1) is 0 Å². The summed E-state index contributed by atoms with van der Waals surface area (Å²) in [5.41, 5.74) is 6.69. The van der Waals surface area contributed by atoms with E-state index in [9.17, 15) is 13.5 Å². The van der Waals surface area contributed by atoms with Crippen molar-refractivity contribution in [2.45, 2.75) is 29.9 Å². The van der Waals surface area contributed by atoms with Crippen molar-refractivity contribution in [1.29, 1.82) is 0 Å². The molecule has 1 fully saturated rings. The Bertz CT molecular complexity index is 522. The lowest BCUT2D eigenvalue weighted by Gasteiger charge is -2.33. The third-order valence-corrected chi connectivity index (χ3v) is 4.09. The normalized spacial score (nSPS) is 24.1. The molecule has 0 bridgehead atoms. The van der Waals surface area contributed by atoms with Crippen LogP contribution in [0.3, 0.4) is 0 Å². The highest BCUT2D eigenvalue weighted by Crippen LogP contribution is 2.30. The molecule has 0 aromatic heterocycles. The predicted molar refractivity (Wildman–Crippen MR) is 66.6 cm³/mol. The molecule has 1 saturated carbocycles. The van der Waals surface area contributed by atoms with Crippen molar-refractivity contribution in [3.05, 3.63) is 18.2 Å². The lowest BCUT2D eigenvalue weighted by atomic mass is 9.89. The molecule has 1 aliphatic rings. The van der Waals surface area contributed by atoms with Gasteiger partial charge in [0.25, 0.3) is 0 Å². The van der Waals surface area contributed by atoms with Crippen LogP contribution in [0.5, 0.6) is 0 Å². The molecule has 0 unspecified atom stereocenters. The number of hydrogen-bond donors (Lipinski definition) is 3. The van der Waals surface area contributed by atoms with Gasteiger partial charge in [-0.1, -0.05) is 6.07 Å². The van der Waals surface area contributed by atoms with Crippen LogP contribution in [0.25, 0.3) is 0 Å². The first-order chi connectivity index (χ1) is 7.88. The Kier molecular flexibility index (Phi) is 3.01. The van der Waals surface area contributed by atoms with Crippen LogP contribution in [-0.2, 0) is 9.84 Å². The molecule has 1 aromatic rings. The standard InChI is InChI=1S/C11H16N2O3S/c1-17(15,16)10-4-2-3-9(11(10)12)13-7-5-8(14)6-7/h2-4,7-8,13-14H,5-6,12H2,1H3. The zero-order valence-electron chi connectivity index (χ0n) is 9.55. The zero-order chi connectivity index (χ0) is 12.6. The van der Waals surface area contributed by atoms with Gasteiger partial charge in [0, 0.05) is 12.3 Å². The zero-order valence-corrected chi connectivity index (χ0v) is 10.4. The minimum Gasteiger partial charge on any atom is -0.396 e. The van der Waals surface area contributed by atoms with E-state index in [0.717, 1.165) is 6.26 Å². The van der Waals surface area contributed by atoms with Gasteiger partial charge in [-0.15, -0.1) is 0 Å². The Morgan fingerprint density at radius 2 is 2.06 bits per heavy atom. The number of benzene rings is 1. The summed E-state index contributed by atoms with van der Waals surface area (Å²) in [5, 5.41) is 12.3. The molecule has 1 aliphatic carbocycles. The number of nitrogen functional groups attached to an aromatic ring is 1. The Labute approximate surface area is 101 Å². The Morgan fingerprint density at radius 1 is 1.41 bits per heavy atom. The highest BCUT2D eigenvalue weighted by molar-refractivity contribution is 7.90. The van der Waals surface area contributed by atoms with Crippen LogP contribution < -0.4 is 11.1 Å². The van der Waals surface area contributed by atoms with E-state index in [-0.39, 0.29) is 22.7 Å². The van der Waals surface area contributed by atoms with E-state index in [2.05, 4.69) is 5.32 Å². The lowest BCUT2D eigenvalue weighted by Crippen LogP contribution is -2.39. The third kappa shape index (κ3) is 2.53. The summed E-state index contributed by atoms with van der Waals surface area (Å²) in [5.74, 6) is 0.